The number of alkyl halides is 3. The van der Waals surface area contributed by atoms with E-state index in [2.05, 4.69) is 4.74 Å². The largest absolute Gasteiger partial charge is 0.481 e. The third kappa shape index (κ3) is 5.18. The van der Waals surface area contributed by atoms with Crippen molar-refractivity contribution >= 4 is 11.9 Å². The number of ether oxygens (including phenoxy) is 1. The van der Waals surface area contributed by atoms with Crippen molar-refractivity contribution in [2.45, 2.75) is 38.8 Å². The fraction of sp³-hybridized carbons (Fsp3) is 0.846. The topological polar surface area (TPSA) is 66.8 Å². The van der Waals surface area contributed by atoms with Crippen LogP contribution in [0, 0.1) is 5.41 Å². The second-order valence-electron chi connectivity index (χ2n) is 5.36. The third-order valence-electron chi connectivity index (χ3n) is 3.60. The molecule has 1 heterocycles. The molecular formula is C13H20F3NO4. The van der Waals surface area contributed by atoms with Crippen molar-refractivity contribution in [3.05, 3.63) is 0 Å². The van der Waals surface area contributed by atoms with Gasteiger partial charge in [0.05, 0.1) is 5.41 Å². The van der Waals surface area contributed by atoms with E-state index in [4.69, 9.17) is 0 Å². The van der Waals surface area contributed by atoms with E-state index in [1.165, 1.54) is 4.90 Å². The van der Waals surface area contributed by atoms with Crippen molar-refractivity contribution in [3.8, 4) is 0 Å². The predicted octanol–water partition coefficient (Wildman–Crippen LogP) is 2.06. The Morgan fingerprint density at radius 3 is 2.57 bits per heavy atom. The van der Waals surface area contributed by atoms with E-state index in [-0.39, 0.29) is 6.54 Å². The first-order valence-electron chi connectivity index (χ1n) is 6.86. The van der Waals surface area contributed by atoms with Gasteiger partial charge in [-0.1, -0.05) is 13.3 Å². The molecule has 0 aromatic rings. The van der Waals surface area contributed by atoms with Crippen LogP contribution in [0.4, 0.5) is 13.2 Å². The lowest BCUT2D eigenvalue weighted by atomic mass is 9.76. The first-order chi connectivity index (χ1) is 9.70. The van der Waals surface area contributed by atoms with E-state index in [9.17, 15) is 27.9 Å². The highest BCUT2D eigenvalue weighted by molar-refractivity contribution is 5.80. The van der Waals surface area contributed by atoms with E-state index < -0.39 is 36.7 Å². The molecule has 122 valence electrons. The highest BCUT2D eigenvalue weighted by Crippen LogP contribution is 2.35. The molecule has 0 bridgehead atoms. The summed E-state index contributed by atoms with van der Waals surface area (Å²) in [4.78, 5) is 24.6. The predicted molar refractivity (Wildman–Crippen MR) is 67.7 cm³/mol. The van der Waals surface area contributed by atoms with E-state index in [1.807, 2.05) is 6.92 Å². The van der Waals surface area contributed by atoms with Crippen molar-refractivity contribution in [3.63, 3.8) is 0 Å². The van der Waals surface area contributed by atoms with E-state index in [0.717, 1.165) is 0 Å². The average Bonchev–Trinajstić information content (AvgIpc) is 2.37. The SMILES string of the molecule is CCCC1(C(=O)O)CCCN(C(=O)COCC(F)(F)F)C1. The summed E-state index contributed by atoms with van der Waals surface area (Å²) in [5, 5.41) is 9.38. The van der Waals surface area contributed by atoms with Crippen molar-refractivity contribution < 1.29 is 32.6 Å². The number of rotatable bonds is 6. The summed E-state index contributed by atoms with van der Waals surface area (Å²) in [5.74, 6) is -1.56. The smallest absolute Gasteiger partial charge is 0.411 e. The molecule has 1 unspecified atom stereocenters. The number of nitrogens with zero attached hydrogens (tertiary/aromatic N) is 1. The molecule has 1 rings (SSSR count). The summed E-state index contributed by atoms with van der Waals surface area (Å²) in [6, 6.07) is 0. The molecule has 0 aromatic carbocycles. The lowest BCUT2D eigenvalue weighted by Crippen LogP contribution is -2.50. The van der Waals surface area contributed by atoms with Crippen molar-refractivity contribution in [2.75, 3.05) is 26.3 Å². The minimum Gasteiger partial charge on any atom is -0.481 e. The van der Waals surface area contributed by atoms with Gasteiger partial charge in [0.15, 0.2) is 0 Å². The maximum Gasteiger partial charge on any atom is 0.411 e. The Morgan fingerprint density at radius 1 is 1.38 bits per heavy atom. The Labute approximate surface area is 121 Å². The minimum absolute atomic E-state index is 0.0321. The molecule has 1 saturated heterocycles. The Bertz CT molecular complexity index is 382. The van der Waals surface area contributed by atoms with Crippen LogP contribution < -0.4 is 0 Å². The molecular weight excluding hydrogens is 291 g/mol. The molecule has 1 aliphatic rings. The van der Waals surface area contributed by atoms with Gasteiger partial charge in [0.1, 0.15) is 13.2 Å². The monoisotopic (exact) mass is 311 g/mol. The van der Waals surface area contributed by atoms with E-state index >= 15 is 0 Å². The van der Waals surface area contributed by atoms with Gasteiger partial charge in [-0.05, 0) is 19.3 Å². The molecule has 1 N–H and O–H groups in total. The van der Waals surface area contributed by atoms with Crippen molar-refractivity contribution in [1.82, 2.24) is 4.90 Å². The van der Waals surface area contributed by atoms with Gasteiger partial charge >= 0.3 is 12.1 Å². The van der Waals surface area contributed by atoms with Gasteiger partial charge < -0.3 is 14.7 Å². The van der Waals surface area contributed by atoms with Crippen LogP contribution in [0.25, 0.3) is 0 Å². The van der Waals surface area contributed by atoms with Crippen LogP contribution in [0.3, 0.4) is 0 Å². The van der Waals surface area contributed by atoms with Crippen LogP contribution in [0.1, 0.15) is 32.6 Å². The fourth-order valence-corrected chi connectivity index (χ4v) is 2.65. The summed E-state index contributed by atoms with van der Waals surface area (Å²) in [5.41, 5.74) is -0.993. The Kier molecular flexibility index (Phi) is 6.00. The lowest BCUT2D eigenvalue weighted by molar-refractivity contribution is -0.178. The number of hydrogen-bond acceptors (Lipinski definition) is 3. The Morgan fingerprint density at radius 2 is 2.05 bits per heavy atom. The second kappa shape index (κ2) is 7.11. The highest BCUT2D eigenvalue weighted by atomic mass is 19.4. The molecule has 21 heavy (non-hydrogen) atoms. The van der Waals surface area contributed by atoms with Gasteiger partial charge in [-0.15, -0.1) is 0 Å². The van der Waals surface area contributed by atoms with E-state index in [0.29, 0.717) is 32.2 Å². The molecule has 1 atom stereocenters. The zero-order chi connectivity index (χ0) is 16.1. The zero-order valence-corrected chi connectivity index (χ0v) is 11.9. The fourth-order valence-electron chi connectivity index (χ4n) is 2.65. The van der Waals surface area contributed by atoms with Gasteiger partial charge in [0.25, 0.3) is 0 Å². The highest BCUT2D eigenvalue weighted by Gasteiger charge is 2.42. The average molecular weight is 311 g/mol. The van der Waals surface area contributed by atoms with Crippen molar-refractivity contribution in [1.29, 1.82) is 0 Å². The Hall–Kier alpha value is -1.31. The number of halogens is 3. The van der Waals surface area contributed by atoms with Gasteiger partial charge in [0.2, 0.25) is 5.91 Å². The molecule has 0 spiro atoms. The quantitative estimate of drug-likeness (QED) is 0.815. The number of hydrogen-bond donors (Lipinski definition) is 1. The summed E-state index contributed by atoms with van der Waals surface area (Å²) in [7, 11) is 0. The molecule has 0 radical (unpaired) electrons. The Balaban J connectivity index is 2.58. The third-order valence-corrected chi connectivity index (χ3v) is 3.60. The lowest BCUT2D eigenvalue weighted by Gasteiger charge is -2.39. The summed E-state index contributed by atoms with van der Waals surface area (Å²) < 4.78 is 40.2. The van der Waals surface area contributed by atoms with Gasteiger partial charge in [0, 0.05) is 13.1 Å². The molecule has 1 fully saturated rings. The van der Waals surface area contributed by atoms with Gasteiger partial charge in [-0.3, -0.25) is 9.59 Å². The van der Waals surface area contributed by atoms with Gasteiger partial charge in [-0.25, -0.2) is 0 Å². The van der Waals surface area contributed by atoms with E-state index in [1.54, 1.807) is 0 Å². The number of likely N-dealkylation sites (tertiary alicyclic amines) is 1. The van der Waals surface area contributed by atoms with Gasteiger partial charge in [-0.2, -0.15) is 13.2 Å². The number of aliphatic carboxylic acids is 1. The minimum atomic E-state index is -4.48. The first-order valence-corrected chi connectivity index (χ1v) is 6.86. The second-order valence-corrected chi connectivity index (χ2v) is 5.36. The summed E-state index contributed by atoms with van der Waals surface area (Å²) >= 11 is 0. The first kappa shape index (κ1) is 17.7. The molecule has 1 amide bonds. The number of carbonyl (C=O) groups excluding carboxylic acids is 1. The van der Waals surface area contributed by atoms with Crippen LogP contribution in [0.5, 0.6) is 0 Å². The summed E-state index contributed by atoms with van der Waals surface area (Å²) in [6.07, 6.45) is -2.37. The number of amides is 1. The molecule has 1 aliphatic heterocycles. The maximum atomic E-state index is 11.9. The van der Waals surface area contributed by atoms with Crippen LogP contribution in [0.2, 0.25) is 0 Å². The maximum absolute atomic E-state index is 11.9. The van der Waals surface area contributed by atoms with Crippen LogP contribution >= 0.6 is 0 Å². The number of carbonyl (C=O) groups is 2. The summed E-state index contributed by atoms with van der Waals surface area (Å²) in [6.45, 7) is 0.0855. The standard InChI is InChI=1S/C13H20F3NO4/c1-2-4-12(11(19)20)5-3-6-17(8-12)10(18)7-21-9-13(14,15)16/h2-9H2,1H3,(H,19,20). The van der Waals surface area contributed by atoms with Crippen LogP contribution in [-0.2, 0) is 14.3 Å². The molecule has 5 nitrogen and oxygen atoms in total. The normalized spacial score (nSPS) is 23.1. The van der Waals surface area contributed by atoms with Crippen LogP contribution in [-0.4, -0.2) is 54.4 Å². The molecule has 0 saturated carbocycles. The number of carboxylic acids is 1. The molecule has 0 aliphatic carbocycles. The number of piperidine rings is 1. The van der Waals surface area contributed by atoms with Crippen molar-refractivity contribution in [2.24, 2.45) is 5.41 Å². The molecule has 0 aromatic heterocycles. The molecule has 8 heteroatoms. The number of carboxylic acid groups (broad SMARTS) is 1. The zero-order valence-electron chi connectivity index (χ0n) is 11.9. The van der Waals surface area contributed by atoms with Crippen LogP contribution in [0.15, 0.2) is 0 Å².